The number of aromatic nitrogens is 3. The van der Waals surface area contributed by atoms with Gasteiger partial charge in [-0.15, -0.1) is 0 Å². The first-order chi connectivity index (χ1) is 20.5. The number of nitrogens with zero attached hydrogens (tertiary/aromatic N) is 4. The van der Waals surface area contributed by atoms with Gasteiger partial charge in [0.15, 0.2) is 0 Å². The Balaban J connectivity index is 1.31. The summed E-state index contributed by atoms with van der Waals surface area (Å²) in [5.74, 6) is -2.81. The minimum Gasteiger partial charge on any atom is -0.478 e. The van der Waals surface area contributed by atoms with Gasteiger partial charge in [-0.3, -0.25) is 4.90 Å². The summed E-state index contributed by atoms with van der Waals surface area (Å²) in [7, 11) is 0. The van der Waals surface area contributed by atoms with Gasteiger partial charge in [0.05, 0.1) is 47.5 Å². The second-order valence-electron chi connectivity index (χ2n) is 10.7. The van der Waals surface area contributed by atoms with E-state index in [4.69, 9.17) is 14.5 Å². The van der Waals surface area contributed by atoms with Crippen molar-refractivity contribution in [3.63, 3.8) is 0 Å². The fourth-order valence-electron chi connectivity index (χ4n) is 5.50. The number of fused-ring (bicyclic) bond motifs is 2. The van der Waals surface area contributed by atoms with Crippen molar-refractivity contribution >= 4 is 17.0 Å². The lowest BCUT2D eigenvalue weighted by atomic mass is 9.97. The van der Waals surface area contributed by atoms with Gasteiger partial charge in [0.2, 0.25) is 5.88 Å². The van der Waals surface area contributed by atoms with Gasteiger partial charge in [-0.1, -0.05) is 0 Å². The second kappa shape index (κ2) is 11.2. The standard InChI is InChI=1S/C30H27F5N4O4/c1-16-27-17(10-22(30(33,34)35)28(37-27)43-15-19-2-4-20(31)12-23(19)32)6-8-38(16)14-26-36-24-5-3-18(29(40)41)11-25(24)39(26)13-21-7-9-42-21/h2-5,10-12,16,21H,6-9,13-15H2,1H3,(H,40,41)/t16-,21-/m0/s1. The van der Waals surface area contributed by atoms with Crippen LogP contribution in [0.2, 0.25) is 0 Å². The lowest BCUT2D eigenvalue weighted by molar-refractivity contribution is -0.139. The van der Waals surface area contributed by atoms with Crippen molar-refractivity contribution in [1.82, 2.24) is 19.4 Å². The van der Waals surface area contributed by atoms with E-state index in [0.29, 0.717) is 60.4 Å². The van der Waals surface area contributed by atoms with Crippen LogP contribution in [0.1, 0.15) is 58.0 Å². The van der Waals surface area contributed by atoms with Gasteiger partial charge in [0.1, 0.15) is 29.6 Å². The zero-order valence-electron chi connectivity index (χ0n) is 23.0. The fraction of sp³-hybridized carbons (Fsp3) is 0.367. The molecule has 1 fully saturated rings. The van der Waals surface area contributed by atoms with Crippen LogP contribution in [0.3, 0.4) is 0 Å². The van der Waals surface area contributed by atoms with Crippen molar-refractivity contribution in [3.8, 4) is 5.88 Å². The number of pyridine rings is 1. The molecule has 8 nitrogen and oxygen atoms in total. The maximum atomic E-state index is 14.1. The highest BCUT2D eigenvalue weighted by atomic mass is 19.4. The molecule has 0 aliphatic carbocycles. The molecule has 2 aromatic heterocycles. The molecule has 0 bridgehead atoms. The van der Waals surface area contributed by atoms with Crippen LogP contribution < -0.4 is 4.74 Å². The van der Waals surface area contributed by atoms with Gasteiger partial charge in [0, 0.05) is 24.8 Å². The molecule has 0 unspecified atom stereocenters. The predicted molar refractivity (Wildman–Crippen MR) is 144 cm³/mol. The molecule has 2 aliphatic heterocycles. The third-order valence-electron chi connectivity index (χ3n) is 8.00. The van der Waals surface area contributed by atoms with Crippen LogP contribution in [0.15, 0.2) is 42.5 Å². The highest BCUT2D eigenvalue weighted by molar-refractivity contribution is 5.92. The maximum Gasteiger partial charge on any atom is 0.421 e. The van der Waals surface area contributed by atoms with Crippen molar-refractivity contribution in [1.29, 1.82) is 0 Å². The number of benzene rings is 2. The zero-order valence-corrected chi connectivity index (χ0v) is 23.0. The van der Waals surface area contributed by atoms with E-state index in [1.165, 1.54) is 6.07 Å². The summed E-state index contributed by atoms with van der Waals surface area (Å²) in [5.41, 5.74) is 1.07. The van der Waals surface area contributed by atoms with Crippen molar-refractivity contribution < 1.29 is 41.3 Å². The highest BCUT2D eigenvalue weighted by Crippen LogP contribution is 2.40. The molecular weight excluding hydrogens is 575 g/mol. The van der Waals surface area contributed by atoms with Crippen LogP contribution >= 0.6 is 0 Å². The van der Waals surface area contributed by atoms with Crippen LogP contribution in [0.25, 0.3) is 11.0 Å². The number of carboxylic acid groups (broad SMARTS) is 1. The number of imidazole rings is 1. The monoisotopic (exact) mass is 602 g/mol. The number of hydrogen-bond acceptors (Lipinski definition) is 6. The SMILES string of the molecule is C[C@H]1c2nc(OCc3ccc(F)cc3F)c(C(F)(F)F)cc2CCN1Cc1nc2ccc(C(=O)O)cc2n1C[C@@H]1CCO1. The Morgan fingerprint density at radius 3 is 2.60 bits per heavy atom. The molecule has 4 aromatic rings. The van der Waals surface area contributed by atoms with Crippen LogP contribution in [0.4, 0.5) is 22.0 Å². The number of aromatic carboxylic acids is 1. The van der Waals surface area contributed by atoms with E-state index >= 15 is 0 Å². The van der Waals surface area contributed by atoms with Crippen LogP contribution in [-0.2, 0) is 37.0 Å². The molecule has 1 saturated heterocycles. The molecule has 4 heterocycles. The Bertz CT molecular complexity index is 1700. The van der Waals surface area contributed by atoms with Crippen molar-refractivity contribution in [3.05, 3.63) is 87.9 Å². The molecule has 2 aromatic carbocycles. The maximum absolute atomic E-state index is 14.1. The first-order valence-corrected chi connectivity index (χ1v) is 13.7. The lowest BCUT2D eigenvalue weighted by Gasteiger charge is -2.35. The van der Waals surface area contributed by atoms with E-state index in [0.717, 1.165) is 24.6 Å². The average molecular weight is 603 g/mol. The number of ether oxygens (including phenoxy) is 2. The Kier molecular flexibility index (Phi) is 7.55. The number of rotatable bonds is 8. The van der Waals surface area contributed by atoms with E-state index < -0.39 is 47.9 Å². The number of carboxylic acids is 1. The fourth-order valence-corrected chi connectivity index (χ4v) is 5.50. The second-order valence-corrected chi connectivity index (χ2v) is 10.7. The smallest absolute Gasteiger partial charge is 0.421 e. The highest BCUT2D eigenvalue weighted by Gasteiger charge is 2.38. The summed E-state index contributed by atoms with van der Waals surface area (Å²) in [6.45, 7) is 3.15. The van der Waals surface area contributed by atoms with E-state index in [1.54, 1.807) is 12.1 Å². The van der Waals surface area contributed by atoms with E-state index in [9.17, 15) is 31.9 Å². The number of alkyl halides is 3. The molecule has 0 spiro atoms. The van der Waals surface area contributed by atoms with E-state index in [1.807, 2.05) is 16.4 Å². The quantitative estimate of drug-likeness (QED) is 0.251. The Hall–Kier alpha value is -4.10. The zero-order chi connectivity index (χ0) is 30.5. The summed E-state index contributed by atoms with van der Waals surface area (Å²) >= 11 is 0. The van der Waals surface area contributed by atoms with E-state index in [2.05, 4.69) is 4.98 Å². The van der Waals surface area contributed by atoms with Gasteiger partial charge in [-0.2, -0.15) is 13.2 Å². The molecule has 43 heavy (non-hydrogen) atoms. The van der Waals surface area contributed by atoms with Gasteiger partial charge < -0.3 is 19.1 Å². The molecule has 226 valence electrons. The first-order valence-electron chi connectivity index (χ1n) is 13.7. The number of carbonyl (C=O) groups is 1. The molecule has 0 radical (unpaired) electrons. The van der Waals surface area contributed by atoms with Crippen molar-refractivity contribution in [2.45, 2.75) is 57.8 Å². The average Bonchev–Trinajstić information content (AvgIpc) is 3.27. The summed E-state index contributed by atoms with van der Waals surface area (Å²) in [6, 6.07) is 8.07. The first kappa shape index (κ1) is 29.0. The minimum absolute atomic E-state index is 0.0303. The molecule has 0 amide bonds. The number of hydrogen-bond donors (Lipinski definition) is 1. The molecule has 2 aliphatic rings. The van der Waals surface area contributed by atoms with Crippen molar-refractivity contribution in [2.24, 2.45) is 0 Å². The predicted octanol–water partition coefficient (Wildman–Crippen LogP) is 5.91. The third kappa shape index (κ3) is 5.78. The molecule has 6 rings (SSSR count). The molecule has 0 saturated carbocycles. The summed E-state index contributed by atoms with van der Waals surface area (Å²) in [6.07, 6.45) is -3.64. The number of halogens is 5. The van der Waals surface area contributed by atoms with Gasteiger partial charge in [-0.25, -0.2) is 23.5 Å². The van der Waals surface area contributed by atoms with Crippen molar-refractivity contribution in [2.75, 3.05) is 13.2 Å². The molecule has 1 N–H and O–H groups in total. The summed E-state index contributed by atoms with van der Waals surface area (Å²) in [4.78, 5) is 22.7. The molecular formula is C30H27F5N4O4. The Morgan fingerprint density at radius 2 is 1.93 bits per heavy atom. The Morgan fingerprint density at radius 1 is 1.14 bits per heavy atom. The topological polar surface area (TPSA) is 89.7 Å². The van der Waals surface area contributed by atoms with Gasteiger partial charge in [-0.05, 0) is 61.7 Å². The summed E-state index contributed by atoms with van der Waals surface area (Å²) < 4.78 is 82.4. The lowest BCUT2D eigenvalue weighted by Crippen LogP contribution is -2.36. The normalized spacial score (nSPS) is 18.8. The summed E-state index contributed by atoms with van der Waals surface area (Å²) in [5, 5.41) is 9.51. The minimum atomic E-state index is -4.76. The molecule has 13 heteroatoms. The largest absolute Gasteiger partial charge is 0.478 e. The van der Waals surface area contributed by atoms with Gasteiger partial charge in [0.25, 0.3) is 0 Å². The van der Waals surface area contributed by atoms with Crippen LogP contribution in [-0.4, -0.2) is 49.8 Å². The van der Waals surface area contributed by atoms with Crippen LogP contribution in [0, 0.1) is 11.6 Å². The van der Waals surface area contributed by atoms with Crippen LogP contribution in [0.5, 0.6) is 5.88 Å². The van der Waals surface area contributed by atoms with Gasteiger partial charge >= 0.3 is 12.1 Å². The Labute approximate surface area is 242 Å². The third-order valence-corrected chi connectivity index (χ3v) is 8.00. The molecule has 2 atom stereocenters. The van der Waals surface area contributed by atoms with E-state index in [-0.39, 0.29) is 23.7 Å².